The highest BCUT2D eigenvalue weighted by molar-refractivity contribution is 5.77. The van der Waals surface area contributed by atoms with Crippen LogP contribution in [0.5, 0.6) is 11.5 Å². The van der Waals surface area contributed by atoms with Crippen molar-refractivity contribution < 1.29 is 14.3 Å². The molecule has 4 nitrogen and oxygen atoms in total. The Balaban J connectivity index is 1.71. The molecule has 0 aliphatic carbocycles. The molecule has 0 bridgehead atoms. The van der Waals surface area contributed by atoms with Crippen molar-refractivity contribution in [3.05, 3.63) is 23.8 Å². The van der Waals surface area contributed by atoms with E-state index in [2.05, 4.69) is 32.9 Å². The molecule has 24 heavy (non-hydrogen) atoms. The highest BCUT2D eigenvalue weighted by Crippen LogP contribution is 2.37. The molecule has 2 aliphatic heterocycles. The minimum atomic E-state index is 0.215. The second kappa shape index (κ2) is 7.45. The van der Waals surface area contributed by atoms with Gasteiger partial charge in [-0.1, -0.05) is 26.8 Å². The van der Waals surface area contributed by atoms with Gasteiger partial charge in [0.25, 0.3) is 0 Å². The van der Waals surface area contributed by atoms with Gasteiger partial charge in [-0.2, -0.15) is 0 Å². The van der Waals surface area contributed by atoms with Crippen molar-refractivity contribution >= 4 is 5.91 Å². The number of benzene rings is 1. The summed E-state index contributed by atoms with van der Waals surface area (Å²) in [4.78, 5) is 14.8. The summed E-state index contributed by atoms with van der Waals surface area (Å²) in [6.45, 7) is 9.66. The maximum atomic E-state index is 12.8. The van der Waals surface area contributed by atoms with Crippen molar-refractivity contribution in [1.29, 1.82) is 0 Å². The van der Waals surface area contributed by atoms with Gasteiger partial charge in [0.15, 0.2) is 11.5 Å². The van der Waals surface area contributed by atoms with Crippen LogP contribution in [0.2, 0.25) is 0 Å². The maximum absolute atomic E-state index is 12.8. The van der Waals surface area contributed by atoms with Crippen LogP contribution in [-0.2, 0) is 4.79 Å². The first-order valence-electron chi connectivity index (χ1n) is 9.22. The van der Waals surface area contributed by atoms with Crippen molar-refractivity contribution in [2.75, 3.05) is 26.3 Å². The van der Waals surface area contributed by atoms with E-state index in [4.69, 9.17) is 9.47 Å². The lowest BCUT2D eigenvalue weighted by Gasteiger charge is -2.32. The van der Waals surface area contributed by atoms with Crippen molar-refractivity contribution in [2.45, 2.75) is 46.0 Å². The Hall–Kier alpha value is -1.71. The molecule has 1 unspecified atom stereocenters. The van der Waals surface area contributed by atoms with Crippen molar-refractivity contribution in [2.24, 2.45) is 11.8 Å². The fourth-order valence-corrected chi connectivity index (χ4v) is 3.60. The molecule has 1 aromatic rings. The van der Waals surface area contributed by atoms with Gasteiger partial charge in [0, 0.05) is 19.5 Å². The van der Waals surface area contributed by atoms with Gasteiger partial charge in [0.05, 0.1) is 0 Å². The quantitative estimate of drug-likeness (QED) is 0.841. The highest BCUT2D eigenvalue weighted by atomic mass is 16.6. The van der Waals surface area contributed by atoms with Crippen LogP contribution in [0, 0.1) is 11.8 Å². The predicted octanol–water partition coefficient (Wildman–Crippen LogP) is 3.85. The third kappa shape index (κ3) is 3.85. The number of rotatable bonds is 4. The van der Waals surface area contributed by atoms with Crippen LogP contribution in [0.4, 0.5) is 0 Å². The Bertz CT molecular complexity index is 576. The number of fused-ring (bicyclic) bond motifs is 1. The Labute approximate surface area is 145 Å². The molecule has 0 saturated carbocycles. The number of ether oxygens (including phenoxy) is 2. The standard InChI is InChI=1S/C20H29NO3/c1-14(2)17(13-20(22)21-8-6-15(3)7-9-21)16-4-5-18-19(12-16)24-11-10-23-18/h4-5,12,14-15,17H,6-11,13H2,1-3H3. The van der Waals surface area contributed by atoms with E-state index in [0.29, 0.717) is 25.6 Å². The monoisotopic (exact) mass is 331 g/mol. The number of carbonyl (C=O) groups is 1. The number of carbonyl (C=O) groups excluding carboxylic acids is 1. The zero-order chi connectivity index (χ0) is 17.1. The van der Waals surface area contributed by atoms with Crippen molar-refractivity contribution in [3.8, 4) is 11.5 Å². The molecule has 1 amide bonds. The van der Waals surface area contributed by atoms with E-state index >= 15 is 0 Å². The van der Waals surface area contributed by atoms with E-state index in [0.717, 1.165) is 43.3 Å². The van der Waals surface area contributed by atoms with Gasteiger partial charge in [-0.15, -0.1) is 0 Å². The lowest BCUT2D eigenvalue weighted by molar-refractivity contribution is -0.133. The molecule has 1 aromatic carbocycles. The number of hydrogen-bond acceptors (Lipinski definition) is 3. The Morgan fingerprint density at radius 2 is 1.83 bits per heavy atom. The van der Waals surface area contributed by atoms with Crippen LogP contribution in [-0.4, -0.2) is 37.1 Å². The third-order valence-electron chi connectivity index (χ3n) is 5.33. The Morgan fingerprint density at radius 3 is 2.50 bits per heavy atom. The molecule has 2 heterocycles. The average Bonchev–Trinajstić information content (AvgIpc) is 2.59. The Morgan fingerprint density at radius 1 is 1.17 bits per heavy atom. The van der Waals surface area contributed by atoms with Gasteiger partial charge in [0.2, 0.25) is 5.91 Å². The highest BCUT2D eigenvalue weighted by Gasteiger charge is 2.26. The second-order valence-electron chi connectivity index (χ2n) is 7.52. The molecule has 3 rings (SSSR count). The molecule has 1 saturated heterocycles. The summed E-state index contributed by atoms with van der Waals surface area (Å²) in [5, 5.41) is 0. The maximum Gasteiger partial charge on any atom is 0.223 e. The summed E-state index contributed by atoms with van der Waals surface area (Å²) >= 11 is 0. The minimum Gasteiger partial charge on any atom is -0.486 e. The fourth-order valence-electron chi connectivity index (χ4n) is 3.60. The molecule has 0 spiro atoms. The minimum absolute atomic E-state index is 0.215. The van der Waals surface area contributed by atoms with Gasteiger partial charge in [-0.25, -0.2) is 0 Å². The van der Waals surface area contributed by atoms with Crippen LogP contribution >= 0.6 is 0 Å². The van der Waals surface area contributed by atoms with E-state index in [1.165, 1.54) is 5.56 Å². The van der Waals surface area contributed by atoms with Gasteiger partial charge in [-0.3, -0.25) is 4.79 Å². The molecule has 0 radical (unpaired) electrons. The molecule has 0 aromatic heterocycles. The number of hydrogen-bond donors (Lipinski definition) is 0. The summed E-state index contributed by atoms with van der Waals surface area (Å²) in [7, 11) is 0. The van der Waals surface area contributed by atoms with E-state index in [1.807, 2.05) is 11.0 Å². The first-order valence-corrected chi connectivity index (χ1v) is 9.22. The predicted molar refractivity (Wildman–Crippen MR) is 94.6 cm³/mol. The topological polar surface area (TPSA) is 38.8 Å². The summed E-state index contributed by atoms with van der Waals surface area (Å²) in [6, 6.07) is 6.13. The molecule has 1 atom stereocenters. The molecular weight excluding hydrogens is 302 g/mol. The molecule has 0 N–H and O–H groups in total. The van der Waals surface area contributed by atoms with E-state index in [1.54, 1.807) is 0 Å². The van der Waals surface area contributed by atoms with Crippen molar-refractivity contribution in [3.63, 3.8) is 0 Å². The van der Waals surface area contributed by atoms with Crippen LogP contribution in [0.1, 0.15) is 51.5 Å². The average molecular weight is 331 g/mol. The first-order chi connectivity index (χ1) is 11.5. The van der Waals surface area contributed by atoms with Crippen LogP contribution in [0.15, 0.2) is 18.2 Å². The lowest BCUT2D eigenvalue weighted by atomic mass is 9.85. The molecule has 132 valence electrons. The number of piperidine rings is 1. The van der Waals surface area contributed by atoms with Gasteiger partial charge in [-0.05, 0) is 48.3 Å². The molecule has 2 aliphatic rings. The van der Waals surface area contributed by atoms with Gasteiger partial charge >= 0.3 is 0 Å². The Kier molecular flexibility index (Phi) is 5.32. The number of amides is 1. The largest absolute Gasteiger partial charge is 0.486 e. The molecule has 1 fully saturated rings. The zero-order valence-corrected chi connectivity index (χ0v) is 15.1. The normalized spacial score (nSPS) is 19.4. The van der Waals surface area contributed by atoms with Crippen molar-refractivity contribution in [1.82, 2.24) is 4.90 Å². The van der Waals surface area contributed by atoms with Crippen LogP contribution in [0.3, 0.4) is 0 Å². The summed E-state index contributed by atoms with van der Waals surface area (Å²) in [6.07, 6.45) is 2.83. The fraction of sp³-hybridized carbons (Fsp3) is 0.650. The van der Waals surface area contributed by atoms with E-state index < -0.39 is 0 Å². The van der Waals surface area contributed by atoms with E-state index in [-0.39, 0.29) is 11.8 Å². The number of nitrogens with zero attached hydrogens (tertiary/aromatic N) is 1. The summed E-state index contributed by atoms with van der Waals surface area (Å²) < 4.78 is 11.3. The van der Waals surface area contributed by atoms with Gasteiger partial charge in [0.1, 0.15) is 13.2 Å². The van der Waals surface area contributed by atoms with Gasteiger partial charge < -0.3 is 14.4 Å². The smallest absolute Gasteiger partial charge is 0.223 e. The SMILES string of the molecule is CC1CCN(C(=O)CC(c2ccc3c(c2)OCCO3)C(C)C)CC1. The second-order valence-corrected chi connectivity index (χ2v) is 7.52. The lowest BCUT2D eigenvalue weighted by Crippen LogP contribution is -2.38. The molecular formula is C20H29NO3. The zero-order valence-electron chi connectivity index (χ0n) is 15.1. The number of likely N-dealkylation sites (tertiary alicyclic amines) is 1. The molecule has 4 heteroatoms. The summed E-state index contributed by atoms with van der Waals surface area (Å²) in [5.74, 6) is 3.27. The van der Waals surface area contributed by atoms with Crippen LogP contribution in [0.25, 0.3) is 0 Å². The third-order valence-corrected chi connectivity index (χ3v) is 5.33. The summed E-state index contributed by atoms with van der Waals surface area (Å²) in [5.41, 5.74) is 1.17. The first kappa shape index (κ1) is 17.1. The van der Waals surface area contributed by atoms with E-state index in [9.17, 15) is 4.79 Å². The van der Waals surface area contributed by atoms with Crippen LogP contribution < -0.4 is 9.47 Å².